The summed E-state index contributed by atoms with van der Waals surface area (Å²) in [4.78, 5) is 0. The highest BCUT2D eigenvalue weighted by Gasteiger charge is 2.68. The van der Waals surface area contributed by atoms with Crippen LogP contribution in [0, 0.1) is 29.1 Å². The lowest BCUT2D eigenvalue weighted by Gasteiger charge is -2.34. The molecule has 0 radical (unpaired) electrons. The Morgan fingerprint density at radius 2 is 2.11 bits per heavy atom. The van der Waals surface area contributed by atoms with E-state index in [0.29, 0.717) is 6.42 Å². The summed E-state index contributed by atoms with van der Waals surface area (Å²) < 4.78 is 72.5. The Balaban J connectivity index is 1.81. The van der Waals surface area contributed by atoms with Gasteiger partial charge in [0, 0.05) is 26.2 Å². The van der Waals surface area contributed by atoms with E-state index in [0.717, 1.165) is 22.9 Å². The maximum atomic E-state index is 13.6. The van der Waals surface area contributed by atoms with Crippen molar-refractivity contribution in [3.63, 3.8) is 0 Å². The summed E-state index contributed by atoms with van der Waals surface area (Å²) in [7, 11) is -2.41. The van der Waals surface area contributed by atoms with Crippen molar-refractivity contribution in [1.29, 1.82) is 5.26 Å². The van der Waals surface area contributed by atoms with Crippen molar-refractivity contribution >= 4 is 15.7 Å². The average molecular weight is 412 g/mol. The number of hydrogen-bond donors (Lipinski definition) is 0. The van der Waals surface area contributed by atoms with Gasteiger partial charge < -0.3 is 4.74 Å². The number of halogens is 3. The summed E-state index contributed by atoms with van der Waals surface area (Å²) in [6, 6.07) is 4.62. The Labute approximate surface area is 161 Å². The quantitative estimate of drug-likeness (QED) is 0.712. The monoisotopic (exact) mass is 412 g/mol. The van der Waals surface area contributed by atoms with Gasteiger partial charge in [-0.3, -0.25) is 4.31 Å². The first kappa shape index (κ1) is 19.3. The van der Waals surface area contributed by atoms with Gasteiger partial charge in [-0.15, -0.1) is 0 Å². The number of fused-ring (bicyclic) bond motifs is 5. The van der Waals surface area contributed by atoms with Gasteiger partial charge in [-0.05, 0) is 42.9 Å². The number of anilines is 1. The molecule has 0 N–H and O–H groups in total. The van der Waals surface area contributed by atoms with Crippen LogP contribution in [0.4, 0.5) is 18.9 Å². The Bertz CT molecular complexity index is 983. The molecule has 0 amide bonds. The lowest BCUT2D eigenvalue weighted by atomic mass is 9.80. The molecule has 1 aliphatic heterocycles. The molecular weight excluding hydrogens is 393 g/mol. The Kier molecular flexibility index (Phi) is 4.28. The van der Waals surface area contributed by atoms with E-state index in [9.17, 15) is 21.6 Å². The number of hydrogen-bond acceptors (Lipinski definition) is 4. The third kappa shape index (κ3) is 2.44. The van der Waals surface area contributed by atoms with E-state index in [1.54, 1.807) is 0 Å². The minimum atomic E-state index is -4.74. The molecule has 4 rings (SSSR count). The molecule has 2 bridgehead atoms. The van der Waals surface area contributed by atoms with Crippen LogP contribution in [0.2, 0.25) is 0 Å². The zero-order valence-corrected chi connectivity index (χ0v) is 15.9. The van der Waals surface area contributed by atoms with Crippen LogP contribution in [-0.4, -0.2) is 33.4 Å². The molecule has 5 nitrogen and oxygen atoms in total. The van der Waals surface area contributed by atoms with E-state index in [-0.39, 0.29) is 36.6 Å². The smallest absolute Gasteiger partial charge is 0.385 e. The number of rotatable bonds is 4. The van der Waals surface area contributed by atoms with E-state index >= 15 is 0 Å². The molecule has 9 heteroatoms. The molecule has 4 atom stereocenters. The van der Waals surface area contributed by atoms with Crippen LogP contribution in [0.5, 0.6) is 0 Å². The van der Waals surface area contributed by atoms with Gasteiger partial charge in [0.15, 0.2) is 0 Å². The lowest BCUT2D eigenvalue weighted by Crippen LogP contribution is -2.47. The van der Waals surface area contributed by atoms with E-state index in [4.69, 9.17) is 10.00 Å². The molecule has 1 heterocycles. The zero-order valence-electron chi connectivity index (χ0n) is 15.1. The number of sulfonamides is 1. The SMILES string of the molecule is COCC[C@@]12[C@@H]3C=C[C@@H](C3)[C@@H]1CN(c1ccc(C#N)c(C(F)(F)F)c1)S2(=O)=O. The Morgan fingerprint density at radius 1 is 1.36 bits per heavy atom. The number of ether oxygens (including phenoxy) is 1. The molecule has 1 saturated carbocycles. The fraction of sp³-hybridized carbons (Fsp3) is 0.526. The largest absolute Gasteiger partial charge is 0.417 e. The van der Waals surface area contributed by atoms with Gasteiger partial charge in [0.05, 0.1) is 22.9 Å². The molecule has 28 heavy (non-hydrogen) atoms. The highest BCUT2D eigenvalue weighted by atomic mass is 32.2. The maximum absolute atomic E-state index is 13.6. The minimum Gasteiger partial charge on any atom is -0.385 e. The van der Waals surface area contributed by atoms with Gasteiger partial charge in [-0.1, -0.05) is 12.2 Å². The molecule has 0 spiro atoms. The summed E-state index contributed by atoms with van der Waals surface area (Å²) in [5.74, 6) is -0.247. The van der Waals surface area contributed by atoms with Crippen molar-refractivity contribution in [2.75, 3.05) is 24.6 Å². The molecule has 3 aliphatic rings. The fourth-order valence-corrected chi connectivity index (χ4v) is 7.89. The van der Waals surface area contributed by atoms with Crippen LogP contribution >= 0.6 is 0 Å². The normalized spacial score (nSPS) is 32.5. The van der Waals surface area contributed by atoms with Crippen molar-refractivity contribution in [2.24, 2.45) is 17.8 Å². The van der Waals surface area contributed by atoms with Crippen LogP contribution in [0.25, 0.3) is 0 Å². The third-order valence-electron chi connectivity index (χ3n) is 6.44. The number of allylic oxidation sites excluding steroid dienone is 2. The first-order chi connectivity index (χ1) is 13.2. The molecule has 1 saturated heterocycles. The highest BCUT2D eigenvalue weighted by molar-refractivity contribution is 7.94. The van der Waals surface area contributed by atoms with Gasteiger partial charge in [0.25, 0.3) is 0 Å². The van der Waals surface area contributed by atoms with Gasteiger partial charge in [-0.2, -0.15) is 18.4 Å². The third-order valence-corrected chi connectivity index (χ3v) is 9.15. The van der Waals surface area contributed by atoms with Crippen molar-refractivity contribution in [2.45, 2.75) is 23.8 Å². The molecule has 0 unspecified atom stereocenters. The van der Waals surface area contributed by atoms with Crippen LogP contribution in [0.3, 0.4) is 0 Å². The minimum absolute atomic E-state index is 0.0445. The summed E-state index contributed by atoms with van der Waals surface area (Å²) in [6.45, 7) is 0.405. The summed E-state index contributed by atoms with van der Waals surface area (Å²) >= 11 is 0. The summed E-state index contributed by atoms with van der Waals surface area (Å²) in [5, 5.41) is 8.98. The second kappa shape index (κ2) is 6.22. The van der Waals surface area contributed by atoms with Gasteiger partial charge >= 0.3 is 6.18 Å². The second-order valence-corrected chi connectivity index (χ2v) is 9.72. The van der Waals surface area contributed by atoms with Crippen molar-refractivity contribution < 1.29 is 26.3 Å². The number of methoxy groups -OCH3 is 1. The molecule has 150 valence electrons. The molecular formula is C19H19F3N2O3S. The second-order valence-electron chi connectivity index (χ2n) is 7.57. The number of benzene rings is 1. The number of nitriles is 1. The summed E-state index contributed by atoms with van der Waals surface area (Å²) in [6.07, 6.45) is 0.273. The standard InChI is InChI=1S/C19H19F3N2O3S/c1-27-7-6-18-14-4-2-12(8-14)17(18)11-24(28(18,25)26)15-5-3-13(10-23)16(9-15)19(20,21)22/h2-5,9,12,14,17H,6-8,11H2,1H3/t12-,14+,17-,18+/m0/s1. The van der Waals surface area contributed by atoms with E-state index in [1.165, 1.54) is 19.2 Å². The maximum Gasteiger partial charge on any atom is 0.417 e. The first-order valence-corrected chi connectivity index (χ1v) is 10.4. The lowest BCUT2D eigenvalue weighted by molar-refractivity contribution is -0.137. The van der Waals surface area contributed by atoms with E-state index < -0.39 is 32.1 Å². The van der Waals surface area contributed by atoms with E-state index in [1.807, 2.05) is 12.2 Å². The number of nitrogens with zero attached hydrogens (tertiary/aromatic N) is 2. The van der Waals surface area contributed by atoms with Gasteiger partial charge in [-0.25, -0.2) is 8.42 Å². The Hall–Kier alpha value is -2.05. The predicted octanol–water partition coefficient (Wildman–Crippen LogP) is 3.32. The van der Waals surface area contributed by atoms with Crippen LogP contribution in [-0.2, 0) is 20.9 Å². The molecule has 2 aliphatic carbocycles. The Morgan fingerprint density at radius 3 is 2.75 bits per heavy atom. The molecule has 1 aromatic rings. The van der Waals surface area contributed by atoms with Crippen LogP contribution < -0.4 is 4.31 Å². The van der Waals surface area contributed by atoms with Gasteiger partial charge in [0.2, 0.25) is 10.0 Å². The molecule has 2 fully saturated rings. The van der Waals surface area contributed by atoms with Crippen molar-refractivity contribution in [3.8, 4) is 6.07 Å². The van der Waals surface area contributed by atoms with Crippen molar-refractivity contribution in [1.82, 2.24) is 0 Å². The molecule has 0 aromatic heterocycles. The van der Waals surface area contributed by atoms with Gasteiger partial charge in [0.1, 0.15) is 4.75 Å². The fourth-order valence-electron chi connectivity index (χ4n) is 5.20. The van der Waals surface area contributed by atoms with Crippen LogP contribution in [0.15, 0.2) is 30.4 Å². The zero-order chi connectivity index (χ0) is 20.3. The molecule has 1 aromatic carbocycles. The predicted molar refractivity (Wildman–Crippen MR) is 95.9 cm³/mol. The topological polar surface area (TPSA) is 70.4 Å². The number of alkyl halides is 3. The summed E-state index contributed by atoms with van der Waals surface area (Å²) in [5.41, 5.74) is -1.69. The van der Waals surface area contributed by atoms with Crippen molar-refractivity contribution in [3.05, 3.63) is 41.5 Å². The van der Waals surface area contributed by atoms with E-state index in [2.05, 4.69) is 0 Å². The highest BCUT2D eigenvalue weighted by Crippen LogP contribution is 2.61. The first-order valence-electron chi connectivity index (χ1n) is 8.97. The average Bonchev–Trinajstić information content (AvgIpc) is 3.29. The van der Waals surface area contributed by atoms with Crippen LogP contribution in [0.1, 0.15) is 24.0 Å².